The van der Waals surface area contributed by atoms with Crippen LogP contribution in [0.1, 0.15) is 47.9 Å². The number of rotatable bonds is 12. The molecule has 2 amide bonds. The van der Waals surface area contributed by atoms with Crippen molar-refractivity contribution >= 4 is 39.1 Å². The number of nitrogens with zero attached hydrogens (tertiary/aromatic N) is 2. The molecule has 1 saturated carbocycles. The lowest BCUT2D eigenvalue weighted by Gasteiger charge is -2.34. The van der Waals surface area contributed by atoms with E-state index in [-0.39, 0.29) is 41.1 Å². The van der Waals surface area contributed by atoms with Crippen molar-refractivity contribution in [3.63, 3.8) is 0 Å². The largest absolute Gasteiger partial charge is 0.352 e. The molecule has 1 atom stereocenters. The number of hydrogen-bond acceptors (Lipinski definition) is 4. The van der Waals surface area contributed by atoms with Crippen molar-refractivity contribution < 1.29 is 22.4 Å². The van der Waals surface area contributed by atoms with Crippen LogP contribution in [0.2, 0.25) is 5.02 Å². The van der Waals surface area contributed by atoms with Crippen LogP contribution < -0.4 is 9.62 Å². The molecule has 5 rings (SSSR count). The fraction of sp³-hybridized carbons (Fsp3) is 0.297. The zero-order valence-corrected chi connectivity index (χ0v) is 28.1. The van der Waals surface area contributed by atoms with E-state index in [1.165, 1.54) is 35.2 Å². The predicted molar refractivity (Wildman–Crippen MR) is 183 cm³/mol. The van der Waals surface area contributed by atoms with Crippen LogP contribution in [0.15, 0.2) is 102 Å². The molecule has 246 valence electrons. The Kier molecular flexibility index (Phi) is 11.0. The van der Waals surface area contributed by atoms with Crippen molar-refractivity contribution in [3.8, 4) is 0 Å². The molecular weight excluding hydrogens is 637 g/mol. The van der Waals surface area contributed by atoms with Gasteiger partial charge in [0.05, 0.1) is 10.6 Å². The Morgan fingerprint density at radius 2 is 1.55 bits per heavy atom. The summed E-state index contributed by atoms with van der Waals surface area (Å²) in [6.45, 7) is 2.92. The number of anilines is 1. The second-order valence-electron chi connectivity index (χ2n) is 12.0. The van der Waals surface area contributed by atoms with Gasteiger partial charge in [-0.15, -0.1) is 0 Å². The quantitative estimate of drug-likeness (QED) is 0.175. The molecule has 10 heteroatoms. The van der Waals surface area contributed by atoms with E-state index in [9.17, 15) is 18.0 Å². The van der Waals surface area contributed by atoms with Crippen LogP contribution in [0.25, 0.3) is 0 Å². The van der Waals surface area contributed by atoms with Gasteiger partial charge in [0.2, 0.25) is 11.8 Å². The smallest absolute Gasteiger partial charge is 0.264 e. The standard InChI is InChI=1S/C37H39ClFN3O4S/c1-26-16-19-32(22-27(26)2)42(47(45,46)33-20-17-30(38)18-21-33)25-36(43)41(24-29-12-6-9-15-34(29)39)35(23-28-10-4-3-5-11-28)37(44)40-31-13-7-8-14-31/h3-6,9-12,15-22,31,35H,7-8,13-14,23-25H2,1-2H3,(H,40,44). The van der Waals surface area contributed by atoms with Crippen molar-refractivity contribution in [2.45, 2.75) is 69.5 Å². The first-order chi connectivity index (χ1) is 22.5. The highest BCUT2D eigenvalue weighted by atomic mass is 35.5. The summed E-state index contributed by atoms with van der Waals surface area (Å²) < 4.78 is 44.6. The maximum Gasteiger partial charge on any atom is 0.264 e. The van der Waals surface area contributed by atoms with Gasteiger partial charge < -0.3 is 10.2 Å². The molecule has 1 aliphatic rings. The monoisotopic (exact) mass is 675 g/mol. The van der Waals surface area contributed by atoms with E-state index in [1.807, 2.05) is 44.2 Å². The number of benzene rings is 4. The minimum absolute atomic E-state index is 0.0245. The van der Waals surface area contributed by atoms with Gasteiger partial charge in [-0.1, -0.05) is 79.0 Å². The van der Waals surface area contributed by atoms with Crippen LogP contribution in [0.3, 0.4) is 0 Å². The van der Waals surface area contributed by atoms with Crippen molar-refractivity contribution in [1.82, 2.24) is 10.2 Å². The van der Waals surface area contributed by atoms with Gasteiger partial charge >= 0.3 is 0 Å². The maximum absolute atomic E-state index is 15.1. The first-order valence-corrected chi connectivity index (χ1v) is 17.6. The Balaban J connectivity index is 1.58. The van der Waals surface area contributed by atoms with Crippen molar-refractivity contribution in [2.24, 2.45) is 0 Å². The van der Waals surface area contributed by atoms with Gasteiger partial charge in [-0.3, -0.25) is 13.9 Å². The lowest BCUT2D eigenvalue weighted by Crippen LogP contribution is -2.54. The zero-order chi connectivity index (χ0) is 33.6. The molecule has 7 nitrogen and oxygen atoms in total. The van der Waals surface area contributed by atoms with E-state index in [0.717, 1.165) is 46.7 Å². The third kappa shape index (κ3) is 8.39. The second kappa shape index (κ2) is 15.1. The number of carbonyl (C=O) groups excluding carboxylic acids is 2. The van der Waals surface area contributed by atoms with Gasteiger partial charge in [0.15, 0.2) is 0 Å². The van der Waals surface area contributed by atoms with Crippen LogP contribution in [0.4, 0.5) is 10.1 Å². The number of nitrogens with one attached hydrogen (secondary N) is 1. The van der Waals surface area contributed by atoms with Gasteiger partial charge in [-0.25, -0.2) is 12.8 Å². The van der Waals surface area contributed by atoms with Crippen LogP contribution in [0.5, 0.6) is 0 Å². The Bertz CT molecular complexity index is 1810. The summed E-state index contributed by atoms with van der Waals surface area (Å²) >= 11 is 6.07. The molecule has 0 heterocycles. The second-order valence-corrected chi connectivity index (χ2v) is 14.3. The maximum atomic E-state index is 15.1. The Hall–Kier alpha value is -4.21. The lowest BCUT2D eigenvalue weighted by molar-refractivity contribution is -0.140. The third-order valence-electron chi connectivity index (χ3n) is 8.73. The lowest BCUT2D eigenvalue weighted by atomic mass is 10.0. The van der Waals surface area contributed by atoms with Crippen molar-refractivity contribution in [3.05, 3.63) is 130 Å². The van der Waals surface area contributed by atoms with E-state index in [1.54, 1.807) is 36.4 Å². The van der Waals surface area contributed by atoms with Gasteiger partial charge in [-0.05, 0) is 85.8 Å². The van der Waals surface area contributed by atoms with Crippen molar-refractivity contribution in [2.75, 3.05) is 10.8 Å². The topological polar surface area (TPSA) is 86.8 Å². The summed E-state index contributed by atoms with van der Waals surface area (Å²) in [5, 5.41) is 3.49. The number of amides is 2. The SMILES string of the molecule is Cc1ccc(N(CC(=O)N(Cc2ccccc2F)C(Cc2ccccc2)C(=O)NC2CCCC2)S(=O)(=O)c2ccc(Cl)cc2)cc1C. The number of carbonyl (C=O) groups is 2. The molecule has 0 saturated heterocycles. The number of halogens is 2. The van der Waals surface area contributed by atoms with Crippen LogP contribution in [0, 0.1) is 19.7 Å². The van der Waals surface area contributed by atoms with E-state index >= 15 is 4.39 Å². The van der Waals surface area contributed by atoms with Gasteiger partial charge in [0.1, 0.15) is 18.4 Å². The number of aryl methyl sites for hydroxylation is 2. The molecule has 0 radical (unpaired) electrons. The summed E-state index contributed by atoms with van der Waals surface area (Å²) in [6.07, 6.45) is 3.84. The molecule has 1 N–H and O–H groups in total. The van der Waals surface area contributed by atoms with E-state index in [2.05, 4.69) is 5.32 Å². The first kappa shape index (κ1) is 34.1. The van der Waals surface area contributed by atoms with Crippen molar-refractivity contribution in [1.29, 1.82) is 0 Å². The molecule has 0 spiro atoms. The first-order valence-electron chi connectivity index (χ1n) is 15.8. The van der Waals surface area contributed by atoms with Gasteiger partial charge in [0.25, 0.3) is 10.0 Å². The van der Waals surface area contributed by atoms with E-state index < -0.39 is 34.3 Å². The van der Waals surface area contributed by atoms with Crippen LogP contribution in [-0.2, 0) is 32.6 Å². The van der Waals surface area contributed by atoms with Crippen LogP contribution in [-0.4, -0.2) is 43.8 Å². The highest BCUT2D eigenvalue weighted by Crippen LogP contribution is 2.28. The summed E-state index contributed by atoms with van der Waals surface area (Å²) in [6, 6.07) is 25.2. The Labute approximate surface area is 281 Å². The molecule has 4 aromatic carbocycles. The average molecular weight is 676 g/mol. The normalized spacial score (nSPS) is 14.0. The molecular formula is C37H39ClFN3O4S. The minimum atomic E-state index is -4.28. The summed E-state index contributed by atoms with van der Waals surface area (Å²) in [5.41, 5.74) is 3.11. The molecule has 47 heavy (non-hydrogen) atoms. The predicted octanol–water partition coefficient (Wildman–Crippen LogP) is 6.99. The fourth-order valence-electron chi connectivity index (χ4n) is 5.87. The average Bonchev–Trinajstić information content (AvgIpc) is 3.57. The highest BCUT2D eigenvalue weighted by Gasteiger charge is 2.36. The molecule has 1 aliphatic carbocycles. The highest BCUT2D eigenvalue weighted by molar-refractivity contribution is 7.92. The number of sulfonamides is 1. The number of hydrogen-bond donors (Lipinski definition) is 1. The summed E-state index contributed by atoms with van der Waals surface area (Å²) in [4.78, 5) is 29.9. The molecule has 0 aromatic heterocycles. The molecule has 1 fully saturated rings. The molecule has 1 unspecified atom stereocenters. The fourth-order valence-corrected chi connectivity index (χ4v) is 7.41. The van der Waals surface area contributed by atoms with Gasteiger partial charge in [-0.2, -0.15) is 0 Å². The summed E-state index contributed by atoms with van der Waals surface area (Å²) in [7, 11) is -4.28. The van der Waals surface area contributed by atoms with E-state index in [4.69, 9.17) is 11.6 Å². The van der Waals surface area contributed by atoms with Crippen LogP contribution >= 0.6 is 11.6 Å². The molecule has 0 bridgehead atoms. The zero-order valence-electron chi connectivity index (χ0n) is 26.5. The molecule has 0 aliphatic heterocycles. The Morgan fingerprint density at radius 3 is 2.21 bits per heavy atom. The minimum Gasteiger partial charge on any atom is -0.352 e. The van der Waals surface area contributed by atoms with Gasteiger partial charge in [0, 0.05) is 29.6 Å². The third-order valence-corrected chi connectivity index (χ3v) is 10.8. The Morgan fingerprint density at radius 1 is 0.894 bits per heavy atom. The molecule has 4 aromatic rings. The van der Waals surface area contributed by atoms with E-state index in [0.29, 0.717) is 5.02 Å². The summed E-state index contributed by atoms with van der Waals surface area (Å²) in [5.74, 6) is -1.53.